The largest absolute Gasteiger partial charge is 0.490 e. The molecule has 0 radical (unpaired) electrons. The van der Waals surface area contributed by atoms with Gasteiger partial charge in [0.05, 0.1) is 30.7 Å². The molecule has 2 heterocycles. The van der Waals surface area contributed by atoms with E-state index in [-0.39, 0.29) is 13.0 Å². The van der Waals surface area contributed by atoms with E-state index in [2.05, 4.69) is 27.2 Å². The predicted octanol–water partition coefficient (Wildman–Crippen LogP) is 0.953. The zero-order valence-corrected chi connectivity index (χ0v) is 19.5. The van der Waals surface area contributed by atoms with Crippen LogP contribution >= 0.6 is 35.1 Å². The fourth-order valence-corrected chi connectivity index (χ4v) is 6.46. The molecular formula is C12H20ClN2O13P3. The molecule has 0 saturated carbocycles. The number of aromatic amines is 1. The highest BCUT2D eigenvalue weighted by molar-refractivity contribution is 7.67. The zero-order chi connectivity index (χ0) is 23.4. The third kappa shape index (κ3) is 8.01. The van der Waals surface area contributed by atoms with E-state index in [1.165, 1.54) is 6.20 Å². The van der Waals surface area contributed by atoms with Crippen molar-refractivity contribution in [2.45, 2.75) is 30.6 Å². The monoisotopic (exact) mass is 528 g/mol. The lowest BCUT2D eigenvalue weighted by atomic mass is 10.2. The number of nitrogens with one attached hydrogen (secondary N) is 1. The first kappa shape index (κ1) is 26.6. The van der Waals surface area contributed by atoms with E-state index < -0.39 is 58.9 Å². The van der Waals surface area contributed by atoms with E-state index in [0.29, 0.717) is 0 Å². The molecule has 1 fully saturated rings. The lowest BCUT2D eigenvalue weighted by molar-refractivity contribution is 0.00429. The first-order chi connectivity index (χ1) is 14.3. The molecule has 5 atom stereocenters. The zero-order valence-electron chi connectivity index (χ0n) is 16.1. The van der Waals surface area contributed by atoms with E-state index in [0.717, 1.165) is 24.9 Å². The average molecular weight is 529 g/mol. The van der Waals surface area contributed by atoms with Gasteiger partial charge in [-0.25, -0.2) is 18.5 Å². The molecule has 1 aromatic heterocycles. The molecule has 0 aromatic carbocycles. The fraction of sp³-hybridized carbons (Fsp3) is 0.667. The van der Waals surface area contributed by atoms with Crippen molar-refractivity contribution in [2.75, 3.05) is 20.8 Å². The number of hydrogen-bond acceptors (Lipinski definition) is 11. The molecule has 15 nitrogen and oxygen atoms in total. The van der Waals surface area contributed by atoms with Crippen molar-refractivity contribution >= 4 is 35.1 Å². The van der Waals surface area contributed by atoms with Crippen molar-refractivity contribution in [3.05, 3.63) is 33.1 Å². The predicted molar refractivity (Wildman–Crippen MR) is 104 cm³/mol. The highest BCUT2D eigenvalue weighted by Crippen LogP contribution is 2.68. The molecule has 1 aliphatic rings. The highest BCUT2D eigenvalue weighted by Gasteiger charge is 2.43. The van der Waals surface area contributed by atoms with Gasteiger partial charge in [-0.15, -0.1) is 11.6 Å². The van der Waals surface area contributed by atoms with E-state index >= 15 is 0 Å². The van der Waals surface area contributed by atoms with Crippen LogP contribution in [-0.2, 0) is 47.2 Å². The van der Waals surface area contributed by atoms with Crippen LogP contribution in [0, 0.1) is 0 Å². The van der Waals surface area contributed by atoms with E-state index in [1.807, 2.05) is 0 Å². The van der Waals surface area contributed by atoms with Gasteiger partial charge in [0.2, 0.25) is 0 Å². The molecule has 1 aromatic rings. The smallest absolute Gasteiger partial charge is 0.369 e. The number of H-pyrrole nitrogens is 1. The van der Waals surface area contributed by atoms with E-state index in [4.69, 9.17) is 16.3 Å². The molecule has 0 spiro atoms. The van der Waals surface area contributed by atoms with Crippen LogP contribution in [0.2, 0.25) is 0 Å². The van der Waals surface area contributed by atoms with Gasteiger partial charge in [-0.3, -0.25) is 27.9 Å². The Morgan fingerprint density at radius 2 is 1.84 bits per heavy atom. The van der Waals surface area contributed by atoms with Crippen LogP contribution in [0.4, 0.5) is 0 Å². The maximum atomic E-state index is 11.9. The number of halogens is 1. The molecule has 2 rings (SSSR count). The summed E-state index contributed by atoms with van der Waals surface area (Å²) in [6.07, 6.45) is -0.150. The van der Waals surface area contributed by atoms with Gasteiger partial charge in [0.15, 0.2) is 0 Å². The second-order valence-corrected chi connectivity index (χ2v) is 11.6. The SMILES string of the molecule is COP(=O)(OC)OP(=O)(O)OP(=O)(O)OC[C@@H]1C[C@H](Cl)[C@H](Cn2ccc(=O)[nH]c2=O)O1. The summed E-state index contributed by atoms with van der Waals surface area (Å²) in [5.74, 6) is 0. The lowest BCUT2D eigenvalue weighted by Crippen LogP contribution is -2.34. The molecule has 1 saturated heterocycles. The Balaban J connectivity index is 1.92. The van der Waals surface area contributed by atoms with Crippen molar-refractivity contribution < 1.29 is 50.4 Å². The van der Waals surface area contributed by atoms with Crippen molar-refractivity contribution in [1.29, 1.82) is 0 Å². The van der Waals surface area contributed by atoms with Gasteiger partial charge in [0.1, 0.15) is 0 Å². The quantitative estimate of drug-likeness (QED) is 0.271. The van der Waals surface area contributed by atoms with Crippen LogP contribution in [0.1, 0.15) is 6.42 Å². The molecule has 0 amide bonds. The van der Waals surface area contributed by atoms with E-state index in [9.17, 15) is 33.1 Å². The van der Waals surface area contributed by atoms with Crippen molar-refractivity contribution in [2.24, 2.45) is 0 Å². The van der Waals surface area contributed by atoms with Crippen LogP contribution in [0.3, 0.4) is 0 Å². The molecule has 178 valence electrons. The number of rotatable bonds is 11. The molecule has 31 heavy (non-hydrogen) atoms. The number of phosphoric acid groups is 3. The number of phosphoric ester groups is 2. The summed E-state index contributed by atoms with van der Waals surface area (Å²) in [4.78, 5) is 44.1. The molecule has 1 aliphatic heterocycles. The minimum absolute atomic E-state index is 0.0173. The summed E-state index contributed by atoms with van der Waals surface area (Å²) in [6, 6.07) is 1.14. The minimum atomic E-state index is -5.39. The maximum absolute atomic E-state index is 11.9. The standard InChI is InChI=1S/C12H20ClN2O13P3/c1-23-31(22,24-2)28-30(20,21)27-29(18,19)25-7-8-5-9(13)10(26-8)6-15-4-3-11(16)14-12(15)17/h3-4,8-10H,5-7H2,1-2H3,(H,18,19)(H,20,21)(H,14,16,17)/t8-,9-,10-/m0/s1. The molecular weight excluding hydrogens is 509 g/mol. The van der Waals surface area contributed by atoms with Gasteiger partial charge in [-0.05, 0) is 6.42 Å². The fourth-order valence-electron chi connectivity index (χ4n) is 2.45. The second kappa shape index (κ2) is 10.5. The summed E-state index contributed by atoms with van der Waals surface area (Å²) in [6.45, 7) is -0.600. The van der Waals surface area contributed by atoms with Crippen molar-refractivity contribution in [3.8, 4) is 0 Å². The summed E-state index contributed by atoms with van der Waals surface area (Å²) in [5, 5.41) is -0.618. The van der Waals surface area contributed by atoms with E-state index in [1.54, 1.807) is 0 Å². The Morgan fingerprint density at radius 3 is 2.42 bits per heavy atom. The Bertz CT molecular complexity index is 1020. The van der Waals surface area contributed by atoms with Crippen molar-refractivity contribution in [3.63, 3.8) is 0 Å². The summed E-state index contributed by atoms with van der Waals surface area (Å²) in [5.41, 5.74) is -1.24. The first-order valence-electron chi connectivity index (χ1n) is 8.32. The molecule has 19 heteroatoms. The van der Waals surface area contributed by atoms with Crippen LogP contribution in [0.15, 0.2) is 21.9 Å². The number of nitrogens with zero attached hydrogens (tertiary/aromatic N) is 1. The van der Waals surface area contributed by atoms with Gasteiger partial charge in [0, 0.05) is 26.5 Å². The van der Waals surface area contributed by atoms with Crippen LogP contribution in [-0.4, -0.2) is 57.7 Å². The maximum Gasteiger partial charge on any atom is 0.490 e. The van der Waals surface area contributed by atoms with Gasteiger partial charge in [0.25, 0.3) is 5.56 Å². The van der Waals surface area contributed by atoms with Gasteiger partial charge < -0.3 is 14.5 Å². The average Bonchev–Trinajstić information content (AvgIpc) is 3.00. The Hall–Kier alpha value is -0.660. The number of hydrogen-bond donors (Lipinski definition) is 3. The van der Waals surface area contributed by atoms with Gasteiger partial charge >= 0.3 is 29.2 Å². The topological polar surface area (TPSA) is 202 Å². The van der Waals surface area contributed by atoms with Crippen molar-refractivity contribution in [1.82, 2.24) is 9.55 Å². The molecule has 3 N–H and O–H groups in total. The number of aromatic nitrogens is 2. The highest BCUT2D eigenvalue weighted by atomic mass is 35.5. The summed E-state index contributed by atoms with van der Waals surface area (Å²) >= 11 is 6.17. The summed E-state index contributed by atoms with van der Waals surface area (Å²) in [7, 11) is -13.4. The Labute approximate surface area is 180 Å². The van der Waals surface area contributed by atoms with Crippen LogP contribution in [0.25, 0.3) is 0 Å². The molecule has 0 bridgehead atoms. The van der Waals surface area contributed by atoms with Crippen LogP contribution < -0.4 is 11.2 Å². The summed E-state index contributed by atoms with van der Waals surface area (Å²) < 4.78 is 63.5. The minimum Gasteiger partial charge on any atom is -0.369 e. The lowest BCUT2D eigenvalue weighted by Gasteiger charge is -2.20. The first-order valence-corrected chi connectivity index (χ1v) is 13.2. The normalized spacial score (nSPS) is 25.8. The molecule has 2 unspecified atom stereocenters. The third-order valence-corrected chi connectivity index (χ3v) is 8.92. The molecule has 0 aliphatic carbocycles. The Morgan fingerprint density at radius 1 is 1.19 bits per heavy atom. The number of alkyl halides is 1. The van der Waals surface area contributed by atoms with Gasteiger partial charge in [-0.1, -0.05) is 0 Å². The number of ether oxygens (including phenoxy) is 1. The van der Waals surface area contributed by atoms with Crippen LogP contribution in [0.5, 0.6) is 0 Å². The second-order valence-electron chi connectivity index (χ2n) is 6.02. The third-order valence-electron chi connectivity index (χ3n) is 3.81. The Kier molecular flexibility index (Phi) is 9.02. The van der Waals surface area contributed by atoms with Gasteiger partial charge in [-0.2, -0.15) is 8.62 Å².